The van der Waals surface area contributed by atoms with Crippen LogP contribution in [0.15, 0.2) is 18.2 Å². The lowest BCUT2D eigenvalue weighted by Gasteiger charge is -2.09. The Bertz CT molecular complexity index is 334. The summed E-state index contributed by atoms with van der Waals surface area (Å²) in [5.41, 5.74) is 0. The SMILES string of the molecule is C[C@]1(Oc2ccc(F)c(F)c2)CO1. The maximum absolute atomic E-state index is 12.7. The molecule has 2 rings (SSSR count). The van der Waals surface area contributed by atoms with Crippen molar-refractivity contribution in [3.63, 3.8) is 0 Å². The fraction of sp³-hybridized carbons (Fsp3) is 0.333. The van der Waals surface area contributed by atoms with E-state index in [1.54, 1.807) is 6.92 Å². The van der Waals surface area contributed by atoms with Gasteiger partial charge >= 0.3 is 0 Å². The lowest BCUT2D eigenvalue weighted by atomic mass is 10.3. The summed E-state index contributed by atoms with van der Waals surface area (Å²) >= 11 is 0. The normalized spacial score (nSPS) is 25.8. The zero-order valence-electron chi connectivity index (χ0n) is 7.01. The van der Waals surface area contributed by atoms with Crippen molar-refractivity contribution in [2.24, 2.45) is 0 Å². The fourth-order valence-corrected chi connectivity index (χ4v) is 0.950. The first kappa shape index (κ1) is 8.44. The van der Waals surface area contributed by atoms with Crippen molar-refractivity contribution in [3.8, 4) is 5.75 Å². The number of ether oxygens (including phenoxy) is 2. The van der Waals surface area contributed by atoms with Crippen LogP contribution in [0.4, 0.5) is 8.78 Å². The third-order valence-corrected chi connectivity index (χ3v) is 1.78. The second-order valence-corrected chi connectivity index (χ2v) is 3.10. The summed E-state index contributed by atoms with van der Waals surface area (Å²) < 4.78 is 35.3. The third kappa shape index (κ3) is 1.78. The Kier molecular flexibility index (Phi) is 1.73. The molecular formula is C9H8F2O2. The van der Waals surface area contributed by atoms with Crippen molar-refractivity contribution in [2.45, 2.75) is 12.7 Å². The molecule has 0 unspecified atom stereocenters. The van der Waals surface area contributed by atoms with E-state index >= 15 is 0 Å². The molecule has 1 heterocycles. The maximum atomic E-state index is 12.7. The molecule has 1 aromatic rings. The summed E-state index contributed by atoms with van der Waals surface area (Å²) in [6.45, 7) is 2.21. The molecule has 0 spiro atoms. The van der Waals surface area contributed by atoms with E-state index in [9.17, 15) is 8.78 Å². The molecule has 0 radical (unpaired) electrons. The first-order valence-electron chi connectivity index (χ1n) is 3.87. The molecule has 0 bridgehead atoms. The van der Waals surface area contributed by atoms with Crippen LogP contribution in [-0.2, 0) is 4.74 Å². The molecule has 1 aliphatic heterocycles. The van der Waals surface area contributed by atoms with Crippen LogP contribution >= 0.6 is 0 Å². The molecule has 0 aliphatic carbocycles. The molecule has 13 heavy (non-hydrogen) atoms. The van der Waals surface area contributed by atoms with Gasteiger partial charge in [0, 0.05) is 13.0 Å². The van der Waals surface area contributed by atoms with Crippen LogP contribution in [-0.4, -0.2) is 12.4 Å². The minimum absolute atomic E-state index is 0.277. The monoisotopic (exact) mass is 186 g/mol. The van der Waals surface area contributed by atoms with E-state index in [0.717, 1.165) is 12.1 Å². The van der Waals surface area contributed by atoms with Crippen molar-refractivity contribution in [1.29, 1.82) is 0 Å². The quantitative estimate of drug-likeness (QED) is 0.659. The number of hydrogen-bond donors (Lipinski definition) is 0. The van der Waals surface area contributed by atoms with Gasteiger partial charge in [-0.1, -0.05) is 0 Å². The van der Waals surface area contributed by atoms with Crippen LogP contribution in [0.3, 0.4) is 0 Å². The number of hydrogen-bond acceptors (Lipinski definition) is 2. The molecule has 0 N–H and O–H groups in total. The molecule has 1 aromatic carbocycles. The Balaban J connectivity index is 2.17. The molecule has 0 aromatic heterocycles. The van der Waals surface area contributed by atoms with Crippen LogP contribution in [0.2, 0.25) is 0 Å². The Morgan fingerprint density at radius 3 is 2.62 bits per heavy atom. The summed E-state index contributed by atoms with van der Waals surface area (Å²) in [6, 6.07) is 3.39. The lowest BCUT2D eigenvalue weighted by molar-refractivity contribution is 0.0798. The molecular weight excluding hydrogens is 178 g/mol. The van der Waals surface area contributed by atoms with Crippen LogP contribution in [0.1, 0.15) is 6.92 Å². The highest BCUT2D eigenvalue weighted by molar-refractivity contribution is 5.24. The van der Waals surface area contributed by atoms with E-state index in [1.165, 1.54) is 6.07 Å². The predicted molar refractivity (Wildman–Crippen MR) is 41.3 cm³/mol. The van der Waals surface area contributed by atoms with Crippen molar-refractivity contribution in [3.05, 3.63) is 29.8 Å². The average molecular weight is 186 g/mol. The van der Waals surface area contributed by atoms with Gasteiger partial charge in [-0.05, 0) is 12.1 Å². The highest BCUT2D eigenvalue weighted by Gasteiger charge is 2.42. The zero-order valence-corrected chi connectivity index (χ0v) is 7.01. The standard InChI is InChI=1S/C9H8F2O2/c1-9(5-12-9)13-6-2-3-7(10)8(11)4-6/h2-4H,5H2,1H3/t9-/m0/s1. The van der Waals surface area contributed by atoms with Gasteiger partial charge in [-0.3, -0.25) is 0 Å². The largest absolute Gasteiger partial charge is 0.460 e. The van der Waals surface area contributed by atoms with E-state index < -0.39 is 17.4 Å². The molecule has 4 heteroatoms. The Morgan fingerprint density at radius 2 is 2.08 bits per heavy atom. The maximum Gasteiger partial charge on any atom is 0.231 e. The number of benzene rings is 1. The molecule has 0 saturated carbocycles. The van der Waals surface area contributed by atoms with Crippen molar-refractivity contribution in [2.75, 3.05) is 6.61 Å². The van der Waals surface area contributed by atoms with Crippen LogP contribution in [0, 0.1) is 11.6 Å². The zero-order chi connectivity index (χ0) is 9.47. The highest BCUT2D eigenvalue weighted by Crippen LogP contribution is 2.30. The Labute approximate surface area is 74.1 Å². The number of epoxide rings is 1. The van der Waals surface area contributed by atoms with Gasteiger partial charge in [0.15, 0.2) is 11.6 Å². The fourth-order valence-electron chi connectivity index (χ4n) is 0.950. The molecule has 1 saturated heterocycles. The van der Waals surface area contributed by atoms with E-state index in [1.807, 2.05) is 0 Å². The van der Waals surface area contributed by atoms with Gasteiger partial charge in [-0.15, -0.1) is 0 Å². The minimum Gasteiger partial charge on any atom is -0.460 e. The summed E-state index contributed by atoms with van der Waals surface area (Å²) in [4.78, 5) is 0. The summed E-state index contributed by atoms with van der Waals surface area (Å²) in [5, 5.41) is 0. The van der Waals surface area contributed by atoms with Gasteiger partial charge < -0.3 is 9.47 Å². The number of halogens is 2. The molecule has 1 atom stereocenters. The predicted octanol–water partition coefficient (Wildman–Crippen LogP) is 2.09. The molecule has 2 nitrogen and oxygen atoms in total. The first-order valence-corrected chi connectivity index (χ1v) is 3.87. The van der Waals surface area contributed by atoms with E-state index in [0.29, 0.717) is 6.61 Å². The van der Waals surface area contributed by atoms with Crippen LogP contribution < -0.4 is 4.74 Å². The van der Waals surface area contributed by atoms with E-state index in [2.05, 4.69) is 0 Å². The van der Waals surface area contributed by atoms with Gasteiger partial charge in [0.1, 0.15) is 12.4 Å². The molecule has 70 valence electrons. The number of rotatable bonds is 2. The average Bonchev–Trinajstić information content (AvgIpc) is 2.76. The first-order chi connectivity index (χ1) is 6.09. The summed E-state index contributed by atoms with van der Waals surface area (Å²) in [7, 11) is 0. The van der Waals surface area contributed by atoms with Gasteiger partial charge in [-0.25, -0.2) is 8.78 Å². The second kappa shape index (κ2) is 2.67. The third-order valence-electron chi connectivity index (χ3n) is 1.78. The van der Waals surface area contributed by atoms with Crippen molar-refractivity contribution < 1.29 is 18.3 Å². The van der Waals surface area contributed by atoms with Crippen LogP contribution in [0.5, 0.6) is 5.75 Å². The second-order valence-electron chi connectivity index (χ2n) is 3.10. The van der Waals surface area contributed by atoms with Gasteiger partial charge in [0.05, 0.1) is 0 Å². The molecule has 1 fully saturated rings. The molecule has 1 aliphatic rings. The Hall–Kier alpha value is -1.16. The van der Waals surface area contributed by atoms with Gasteiger partial charge in [0.2, 0.25) is 5.79 Å². The Morgan fingerprint density at radius 1 is 1.38 bits per heavy atom. The lowest BCUT2D eigenvalue weighted by Crippen LogP contribution is -2.14. The van der Waals surface area contributed by atoms with Crippen LogP contribution in [0.25, 0.3) is 0 Å². The smallest absolute Gasteiger partial charge is 0.231 e. The topological polar surface area (TPSA) is 21.8 Å². The summed E-state index contributed by atoms with van der Waals surface area (Å²) in [6.07, 6.45) is 0. The van der Waals surface area contributed by atoms with Gasteiger partial charge in [0.25, 0.3) is 0 Å². The minimum atomic E-state index is -0.915. The highest BCUT2D eigenvalue weighted by atomic mass is 19.2. The summed E-state index contributed by atoms with van der Waals surface area (Å²) in [5.74, 6) is -2.17. The van der Waals surface area contributed by atoms with Gasteiger partial charge in [-0.2, -0.15) is 0 Å². The van der Waals surface area contributed by atoms with Crippen molar-refractivity contribution >= 4 is 0 Å². The van der Waals surface area contributed by atoms with Crippen molar-refractivity contribution in [1.82, 2.24) is 0 Å². The van der Waals surface area contributed by atoms with E-state index in [4.69, 9.17) is 9.47 Å². The van der Waals surface area contributed by atoms with E-state index in [-0.39, 0.29) is 5.75 Å². The molecule has 0 amide bonds.